The Kier molecular flexibility index (Phi) is 6.00. The van der Waals surface area contributed by atoms with Gasteiger partial charge in [-0.1, -0.05) is 18.2 Å². The summed E-state index contributed by atoms with van der Waals surface area (Å²) in [5.74, 6) is 0.853. The molecule has 152 valence electrons. The Morgan fingerprint density at radius 3 is 2.62 bits per heavy atom. The van der Waals surface area contributed by atoms with Gasteiger partial charge in [0.05, 0.1) is 23.4 Å². The number of rotatable bonds is 7. The number of hydrogen-bond donors (Lipinski definition) is 2. The first-order valence-corrected chi connectivity index (χ1v) is 10.3. The molecule has 0 aliphatic rings. The summed E-state index contributed by atoms with van der Waals surface area (Å²) < 4.78 is 35.3. The average Bonchev–Trinajstić information content (AvgIpc) is 3.12. The standard InChI is InChI=1S/C20H22N4O4S/c1-14-21-10-11-24(14)19-7-5-4-6-16(19)13-22-29(26,27)17-8-9-20(28-3)18(12-17)23-15(2)25/h4-12,22H,13H2,1-3H3,(H,23,25). The molecule has 0 radical (unpaired) electrons. The van der Waals surface area contributed by atoms with E-state index < -0.39 is 10.0 Å². The molecule has 0 spiro atoms. The fraction of sp³-hybridized carbons (Fsp3) is 0.200. The summed E-state index contributed by atoms with van der Waals surface area (Å²) in [6, 6.07) is 11.8. The van der Waals surface area contributed by atoms with Crippen LogP contribution in [0.1, 0.15) is 18.3 Å². The van der Waals surface area contributed by atoms with Gasteiger partial charge >= 0.3 is 0 Å². The third kappa shape index (κ3) is 4.64. The number of para-hydroxylation sites is 1. The van der Waals surface area contributed by atoms with Crippen molar-refractivity contribution in [2.24, 2.45) is 0 Å². The van der Waals surface area contributed by atoms with E-state index in [4.69, 9.17) is 4.74 Å². The summed E-state index contributed by atoms with van der Waals surface area (Å²) in [6.07, 6.45) is 3.52. The molecule has 0 saturated heterocycles. The van der Waals surface area contributed by atoms with Gasteiger partial charge in [-0.05, 0) is 36.8 Å². The lowest BCUT2D eigenvalue weighted by Crippen LogP contribution is -2.24. The fourth-order valence-electron chi connectivity index (χ4n) is 2.93. The summed E-state index contributed by atoms with van der Waals surface area (Å²) in [7, 11) is -2.37. The molecule has 2 N–H and O–H groups in total. The van der Waals surface area contributed by atoms with E-state index in [0.717, 1.165) is 17.1 Å². The number of amides is 1. The van der Waals surface area contributed by atoms with Crippen molar-refractivity contribution in [2.45, 2.75) is 25.3 Å². The van der Waals surface area contributed by atoms with E-state index in [1.807, 2.05) is 42.0 Å². The Labute approximate surface area is 169 Å². The number of nitrogens with zero attached hydrogens (tertiary/aromatic N) is 2. The number of carbonyl (C=O) groups is 1. The van der Waals surface area contributed by atoms with Crippen molar-refractivity contribution in [1.29, 1.82) is 0 Å². The maximum Gasteiger partial charge on any atom is 0.240 e. The number of nitrogens with one attached hydrogen (secondary N) is 2. The topological polar surface area (TPSA) is 102 Å². The third-order valence-electron chi connectivity index (χ3n) is 4.32. The zero-order chi connectivity index (χ0) is 21.0. The Bertz CT molecular complexity index is 1140. The van der Waals surface area contributed by atoms with E-state index in [1.54, 1.807) is 6.20 Å². The lowest BCUT2D eigenvalue weighted by Gasteiger charge is -2.14. The van der Waals surface area contributed by atoms with Gasteiger partial charge in [-0.15, -0.1) is 0 Å². The predicted octanol–water partition coefficient (Wildman–Crippen LogP) is 2.63. The van der Waals surface area contributed by atoms with E-state index in [9.17, 15) is 13.2 Å². The van der Waals surface area contributed by atoms with Crippen molar-refractivity contribution in [1.82, 2.24) is 14.3 Å². The van der Waals surface area contributed by atoms with Gasteiger partial charge in [0.15, 0.2) is 0 Å². The minimum atomic E-state index is -3.82. The van der Waals surface area contributed by atoms with Gasteiger partial charge < -0.3 is 14.6 Å². The maximum atomic E-state index is 12.8. The number of aryl methyl sites for hydroxylation is 1. The van der Waals surface area contributed by atoms with E-state index in [1.165, 1.54) is 32.2 Å². The number of benzene rings is 2. The van der Waals surface area contributed by atoms with Crippen LogP contribution < -0.4 is 14.8 Å². The number of carbonyl (C=O) groups excluding carboxylic acids is 1. The van der Waals surface area contributed by atoms with E-state index >= 15 is 0 Å². The van der Waals surface area contributed by atoms with E-state index in [0.29, 0.717) is 5.75 Å². The van der Waals surface area contributed by atoms with Crippen LogP contribution in [0, 0.1) is 6.92 Å². The summed E-state index contributed by atoms with van der Waals surface area (Å²) >= 11 is 0. The molecule has 3 rings (SSSR count). The smallest absolute Gasteiger partial charge is 0.240 e. The first kappa shape index (κ1) is 20.6. The van der Waals surface area contributed by atoms with Gasteiger partial charge in [-0.25, -0.2) is 18.1 Å². The van der Waals surface area contributed by atoms with Gasteiger partial charge in [0, 0.05) is 25.9 Å². The molecular weight excluding hydrogens is 392 g/mol. The van der Waals surface area contributed by atoms with Crippen LogP contribution in [0.4, 0.5) is 5.69 Å². The molecule has 9 heteroatoms. The van der Waals surface area contributed by atoms with Crippen molar-refractivity contribution in [3.63, 3.8) is 0 Å². The first-order valence-electron chi connectivity index (χ1n) is 8.85. The monoisotopic (exact) mass is 414 g/mol. The lowest BCUT2D eigenvalue weighted by molar-refractivity contribution is -0.114. The molecule has 8 nitrogen and oxygen atoms in total. The van der Waals surface area contributed by atoms with Crippen molar-refractivity contribution in [3.05, 3.63) is 66.2 Å². The van der Waals surface area contributed by atoms with Crippen LogP contribution in [0.15, 0.2) is 59.8 Å². The number of ether oxygens (including phenoxy) is 1. The molecule has 0 unspecified atom stereocenters. The zero-order valence-electron chi connectivity index (χ0n) is 16.3. The average molecular weight is 414 g/mol. The van der Waals surface area contributed by atoms with E-state index in [2.05, 4.69) is 15.0 Å². The normalized spacial score (nSPS) is 11.3. The van der Waals surface area contributed by atoms with E-state index in [-0.39, 0.29) is 23.0 Å². The molecular formula is C20H22N4O4S. The number of methoxy groups -OCH3 is 1. The Balaban J connectivity index is 1.87. The highest BCUT2D eigenvalue weighted by atomic mass is 32.2. The highest BCUT2D eigenvalue weighted by Crippen LogP contribution is 2.27. The minimum Gasteiger partial charge on any atom is -0.495 e. The molecule has 29 heavy (non-hydrogen) atoms. The molecule has 1 heterocycles. The zero-order valence-corrected chi connectivity index (χ0v) is 17.2. The third-order valence-corrected chi connectivity index (χ3v) is 5.72. The quantitative estimate of drug-likeness (QED) is 0.619. The van der Waals surface area contributed by atoms with Gasteiger partial charge in [-0.3, -0.25) is 4.79 Å². The van der Waals surface area contributed by atoms with Crippen LogP contribution in [0.5, 0.6) is 5.75 Å². The molecule has 0 bridgehead atoms. The molecule has 1 amide bonds. The molecule has 0 aliphatic carbocycles. The summed E-state index contributed by atoms with van der Waals surface area (Å²) in [5.41, 5.74) is 1.93. The van der Waals surface area contributed by atoms with Crippen molar-refractivity contribution < 1.29 is 17.9 Å². The van der Waals surface area contributed by atoms with Crippen LogP contribution >= 0.6 is 0 Å². The minimum absolute atomic E-state index is 0.0262. The second-order valence-corrected chi connectivity index (χ2v) is 8.11. The van der Waals surface area contributed by atoms with Gasteiger partial charge in [0.25, 0.3) is 0 Å². The van der Waals surface area contributed by atoms with Crippen LogP contribution in [0.25, 0.3) is 5.69 Å². The Morgan fingerprint density at radius 1 is 1.21 bits per heavy atom. The largest absolute Gasteiger partial charge is 0.495 e. The molecule has 3 aromatic rings. The second-order valence-electron chi connectivity index (χ2n) is 6.34. The van der Waals surface area contributed by atoms with Crippen molar-refractivity contribution >= 4 is 21.6 Å². The van der Waals surface area contributed by atoms with Crippen LogP contribution in [0.3, 0.4) is 0 Å². The van der Waals surface area contributed by atoms with Crippen LogP contribution in [-0.2, 0) is 21.4 Å². The molecule has 0 saturated carbocycles. The summed E-state index contributed by atoms with van der Waals surface area (Å²) in [6.45, 7) is 3.31. The predicted molar refractivity (Wildman–Crippen MR) is 110 cm³/mol. The first-order chi connectivity index (χ1) is 13.8. The number of aromatic nitrogens is 2. The lowest BCUT2D eigenvalue weighted by atomic mass is 10.2. The number of imidazole rings is 1. The highest BCUT2D eigenvalue weighted by Gasteiger charge is 2.18. The maximum absolute atomic E-state index is 12.8. The molecule has 0 aliphatic heterocycles. The number of anilines is 1. The number of hydrogen-bond acceptors (Lipinski definition) is 5. The van der Waals surface area contributed by atoms with Gasteiger partial charge in [0.2, 0.25) is 15.9 Å². The number of sulfonamides is 1. The molecule has 0 atom stereocenters. The second kappa shape index (κ2) is 8.46. The van der Waals surface area contributed by atoms with Crippen LogP contribution in [-0.4, -0.2) is 31.0 Å². The summed E-state index contributed by atoms with van der Waals surface area (Å²) in [5, 5.41) is 2.58. The van der Waals surface area contributed by atoms with Crippen molar-refractivity contribution in [3.8, 4) is 11.4 Å². The molecule has 1 aromatic heterocycles. The molecule has 0 fully saturated rings. The van der Waals surface area contributed by atoms with Crippen LogP contribution in [0.2, 0.25) is 0 Å². The molecule has 2 aromatic carbocycles. The highest BCUT2D eigenvalue weighted by molar-refractivity contribution is 7.89. The summed E-state index contributed by atoms with van der Waals surface area (Å²) in [4.78, 5) is 15.6. The van der Waals surface area contributed by atoms with Gasteiger partial charge in [0.1, 0.15) is 11.6 Å². The Hall–Kier alpha value is -3.17. The van der Waals surface area contributed by atoms with Gasteiger partial charge in [-0.2, -0.15) is 0 Å². The SMILES string of the molecule is COc1ccc(S(=O)(=O)NCc2ccccc2-n2ccnc2C)cc1NC(C)=O. The Morgan fingerprint density at radius 2 is 1.97 bits per heavy atom. The van der Waals surface area contributed by atoms with Crippen molar-refractivity contribution in [2.75, 3.05) is 12.4 Å². The fourth-order valence-corrected chi connectivity index (χ4v) is 3.96.